The molecule has 2 heterocycles. The molecule has 18 heavy (non-hydrogen) atoms. The van der Waals surface area contributed by atoms with Crippen LogP contribution in [0.2, 0.25) is 0 Å². The number of carbonyl (C=O) groups is 1. The monoisotopic (exact) mass is 248 g/mol. The summed E-state index contributed by atoms with van der Waals surface area (Å²) in [5.41, 5.74) is 0.577. The first-order valence-electron chi connectivity index (χ1n) is 6.55. The van der Waals surface area contributed by atoms with Gasteiger partial charge in [-0.3, -0.25) is 4.79 Å². The lowest BCUT2D eigenvalue weighted by Crippen LogP contribution is -2.57. The fraction of sp³-hybridized carbons (Fsp3) is 0.615. The third kappa shape index (κ3) is 2.67. The van der Waals surface area contributed by atoms with E-state index >= 15 is 0 Å². The summed E-state index contributed by atoms with van der Waals surface area (Å²) in [6.45, 7) is 5.88. The standard InChI is InChI=1S/C13H20N4O/c1-3-11-8-17(12(4-2)7-16-11)13(18)10-5-14-9-15-6-10/h5-6,9,11-12,16H,3-4,7-8H2,1-2H3. The van der Waals surface area contributed by atoms with Crippen LogP contribution in [-0.2, 0) is 0 Å². The predicted molar refractivity (Wildman–Crippen MR) is 69.2 cm³/mol. The molecule has 1 aliphatic rings. The molecule has 2 rings (SSSR count). The second kappa shape index (κ2) is 5.91. The molecular formula is C13H20N4O. The van der Waals surface area contributed by atoms with Gasteiger partial charge in [0.05, 0.1) is 5.56 Å². The van der Waals surface area contributed by atoms with Crippen molar-refractivity contribution in [2.24, 2.45) is 0 Å². The van der Waals surface area contributed by atoms with Crippen molar-refractivity contribution in [2.75, 3.05) is 13.1 Å². The third-order valence-electron chi connectivity index (χ3n) is 3.53. The summed E-state index contributed by atoms with van der Waals surface area (Å²) in [7, 11) is 0. The zero-order valence-electron chi connectivity index (χ0n) is 11.0. The molecule has 0 saturated carbocycles. The number of piperazine rings is 1. The van der Waals surface area contributed by atoms with Gasteiger partial charge in [0.25, 0.3) is 5.91 Å². The Morgan fingerprint density at radius 1 is 1.39 bits per heavy atom. The number of carbonyl (C=O) groups excluding carboxylic acids is 1. The molecule has 0 aromatic carbocycles. The lowest BCUT2D eigenvalue weighted by Gasteiger charge is -2.40. The highest BCUT2D eigenvalue weighted by Crippen LogP contribution is 2.15. The number of hydrogen-bond donors (Lipinski definition) is 1. The molecule has 2 atom stereocenters. The minimum absolute atomic E-state index is 0.0439. The van der Waals surface area contributed by atoms with Crippen molar-refractivity contribution < 1.29 is 4.79 Å². The number of rotatable bonds is 3. The molecular weight excluding hydrogens is 228 g/mol. The van der Waals surface area contributed by atoms with Crippen LogP contribution in [0.3, 0.4) is 0 Å². The van der Waals surface area contributed by atoms with E-state index in [1.165, 1.54) is 6.33 Å². The highest BCUT2D eigenvalue weighted by Gasteiger charge is 2.30. The Hall–Kier alpha value is -1.49. The van der Waals surface area contributed by atoms with E-state index in [0.29, 0.717) is 11.6 Å². The Balaban J connectivity index is 2.15. The summed E-state index contributed by atoms with van der Waals surface area (Å²) in [5.74, 6) is 0.0439. The molecule has 98 valence electrons. The van der Waals surface area contributed by atoms with Crippen LogP contribution in [-0.4, -0.2) is 45.9 Å². The van der Waals surface area contributed by atoms with E-state index in [1.54, 1.807) is 12.4 Å². The molecule has 0 spiro atoms. The molecule has 0 radical (unpaired) electrons. The van der Waals surface area contributed by atoms with Crippen LogP contribution in [0.15, 0.2) is 18.7 Å². The molecule has 1 N–H and O–H groups in total. The molecule has 1 aromatic rings. The first kappa shape index (κ1) is 13.0. The summed E-state index contributed by atoms with van der Waals surface area (Å²) in [4.78, 5) is 22.2. The van der Waals surface area contributed by atoms with Crippen molar-refractivity contribution in [3.63, 3.8) is 0 Å². The molecule has 1 aromatic heterocycles. The summed E-state index contributed by atoms with van der Waals surface area (Å²) < 4.78 is 0. The highest BCUT2D eigenvalue weighted by atomic mass is 16.2. The van der Waals surface area contributed by atoms with E-state index in [2.05, 4.69) is 29.1 Å². The average molecular weight is 248 g/mol. The fourth-order valence-electron chi connectivity index (χ4n) is 2.33. The van der Waals surface area contributed by atoms with E-state index in [4.69, 9.17) is 0 Å². The summed E-state index contributed by atoms with van der Waals surface area (Å²) in [6, 6.07) is 0.655. The molecule has 1 aliphatic heterocycles. The van der Waals surface area contributed by atoms with Crippen molar-refractivity contribution in [3.8, 4) is 0 Å². The molecule has 1 saturated heterocycles. The Labute approximate surface area is 108 Å². The van der Waals surface area contributed by atoms with Gasteiger partial charge in [0.2, 0.25) is 0 Å². The van der Waals surface area contributed by atoms with Gasteiger partial charge >= 0.3 is 0 Å². The Bertz CT molecular complexity index is 395. The topological polar surface area (TPSA) is 58.1 Å². The molecule has 2 unspecified atom stereocenters. The minimum Gasteiger partial charge on any atom is -0.333 e. The zero-order chi connectivity index (χ0) is 13.0. The van der Waals surface area contributed by atoms with Gasteiger partial charge in [0, 0.05) is 37.6 Å². The molecule has 1 amide bonds. The van der Waals surface area contributed by atoms with Gasteiger partial charge in [-0.1, -0.05) is 13.8 Å². The van der Waals surface area contributed by atoms with Crippen molar-refractivity contribution in [1.82, 2.24) is 20.2 Å². The van der Waals surface area contributed by atoms with Gasteiger partial charge in [0.1, 0.15) is 6.33 Å². The molecule has 1 fully saturated rings. The first-order chi connectivity index (χ1) is 8.76. The van der Waals surface area contributed by atoms with Crippen LogP contribution in [0, 0.1) is 0 Å². The Morgan fingerprint density at radius 3 is 2.72 bits per heavy atom. The maximum absolute atomic E-state index is 12.4. The van der Waals surface area contributed by atoms with Crippen LogP contribution >= 0.6 is 0 Å². The zero-order valence-corrected chi connectivity index (χ0v) is 11.0. The van der Waals surface area contributed by atoms with Crippen LogP contribution < -0.4 is 5.32 Å². The maximum atomic E-state index is 12.4. The Morgan fingerprint density at radius 2 is 2.11 bits per heavy atom. The number of nitrogens with zero attached hydrogens (tertiary/aromatic N) is 3. The van der Waals surface area contributed by atoms with Crippen molar-refractivity contribution in [3.05, 3.63) is 24.3 Å². The van der Waals surface area contributed by atoms with Crippen LogP contribution in [0.1, 0.15) is 37.0 Å². The summed E-state index contributed by atoms with van der Waals surface area (Å²) >= 11 is 0. The van der Waals surface area contributed by atoms with E-state index in [0.717, 1.165) is 25.9 Å². The smallest absolute Gasteiger partial charge is 0.257 e. The Kier molecular flexibility index (Phi) is 4.25. The summed E-state index contributed by atoms with van der Waals surface area (Å²) in [5, 5.41) is 3.48. The molecule has 5 heteroatoms. The fourth-order valence-corrected chi connectivity index (χ4v) is 2.33. The number of amides is 1. The van der Waals surface area contributed by atoms with Crippen molar-refractivity contribution in [1.29, 1.82) is 0 Å². The third-order valence-corrected chi connectivity index (χ3v) is 3.53. The quantitative estimate of drug-likeness (QED) is 0.869. The van der Waals surface area contributed by atoms with E-state index in [1.807, 2.05) is 4.90 Å². The summed E-state index contributed by atoms with van der Waals surface area (Å²) in [6.07, 6.45) is 6.62. The van der Waals surface area contributed by atoms with Gasteiger partial charge in [-0.2, -0.15) is 0 Å². The lowest BCUT2D eigenvalue weighted by atomic mass is 10.0. The van der Waals surface area contributed by atoms with Crippen molar-refractivity contribution in [2.45, 2.75) is 38.8 Å². The van der Waals surface area contributed by atoms with E-state index in [9.17, 15) is 4.79 Å². The van der Waals surface area contributed by atoms with Crippen LogP contribution in [0.25, 0.3) is 0 Å². The lowest BCUT2D eigenvalue weighted by molar-refractivity contribution is 0.0575. The normalized spacial score (nSPS) is 24.0. The van der Waals surface area contributed by atoms with Gasteiger partial charge in [-0.15, -0.1) is 0 Å². The van der Waals surface area contributed by atoms with Gasteiger partial charge in [0.15, 0.2) is 0 Å². The van der Waals surface area contributed by atoms with E-state index in [-0.39, 0.29) is 11.9 Å². The molecule has 0 bridgehead atoms. The molecule has 5 nitrogen and oxygen atoms in total. The minimum atomic E-state index is 0.0439. The number of aromatic nitrogens is 2. The SMILES string of the molecule is CCC1CN(C(=O)c2cncnc2)C(CC)CN1. The van der Waals surface area contributed by atoms with Gasteiger partial charge < -0.3 is 10.2 Å². The number of nitrogens with one attached hydrogen (secondary N) is 1. The van der Waals surface area contributed by atoms with Crippen LogP contribution in [0.4, 0.5) is 0 Å². The van der Waals surface area contributed by atoms with Crippen LogP contribution in [0.5, 0.6) is 0 Å². The van der Waals surface area contributed by atoms with Gasteiger partial charge in [-0.25, -0.2) is 9.97 Å². The van der Waals surface area contributed by atoms with Gasteiger partial charge in [-0.05, 0) is 12.8 Å². The second-order valence-electron chi connectivity index (χ2n) is 4.66. The predicted octanol–water partition coefficient (Wildman–Crippen LogP) is 1.08. The second-order valence-corrected chi connectivity index (χ2v) is 4.66. The largest absolute Gasteiger partial charge is 0.333 e. The van der Waals surface area contributed by atoms with Crippen molar-refractivity contribution >= 4 is 5.91 Å². The maximum Gasteiger partial charge on any atom is 0.257 e. The molecule has 0 aliphatic carbocycles. The number of hydrogen-bond acceptors (Lipinski definition) is 4. The first-order valence-corrected chi connectivity index (χ1v) is 6.55. The average Bonchev–Trinajstić information content (AvgIpc) is 2.46. The highest BCUT2D eigenvalue weighted by molar-refractivity contribution is 5.93. The van der Waals surface area contributed by atoms with E-state index < -0.39 is 0 Å².